The summed E-state index contributed by atoms with van der Waals surface area (Å²) in [6, 6.07) is 9.31. The number of hydrogen-bond acceptors (Lipinski definition) is 6. The normalized spacial score (nSPS) is 10.6. The van der Waals surface area contributed by atoms with E-state index in [-0.39, 0.29) is 12.2 Å². The fourth-order valence-electron chi connectivity index (χ4n) is 2.49. The number of benzene rings is 1. The molecule has 8 heteroatoms. The summed E-state index contributed by atoms with van der Waals surface area (Å²) in [5.74, 6) is 0.416. The molecule has 3 rings (SSSR count). The molecule has 0 spiro atoms. The maximum Gasteiger partial charge on any atom is 0.338 e. The van der Waals surface area contributed by atoms with E-state index < -0.39 is 5.97 Å². The van der Waals surface area contributed by atoms with E-state index >= 15 is 0 Å². The number of rotatable bonds is 6. The molecule has 7 nitrogen and oxygen atoms in total. The first-order valence-corrected chi connectivity index (χ1v) is 8.55. The fraction of sp³-hybridized carbons (Fsp3) is 0.211. The van der Waals surface area contributed by atoms with E-state index in [2.05, 4.69) is 4.98 Å². The third-order valence-electron chi connectivity index (χ3n) is 3.73. The first-order valence-electron chi connectivity index (χ1n) is 8.17. The highest BCUT2D eigenvalue weighted by Gasteiger charge is 2.13. The quantitative estimate of drug-likeness (QED) is 0.604. The predicted molar refractivity (Wildman–Crippen MR) is 99.8 cm³/mol. The number of halogens is 1. The van der Waals surface area contributed by atoms with Crippen LogP contribution in [0.4, 0.5) is 0 Å². The largest absolute Gasteiger partial charge is 0.493 e. The Labute approximate surface area is 160 Å². The molecule has 0 fully saturated rings. The summed E-state index contributed by atoms with van der Waals surface area (Å²) >= 11 is 5.88. The SMILES string of the molecule is CCOc1ccc(C(=O)OCc2cc(=O)n3cc(Cl)ccc3n2)cc1OC. The van der Waals surface area contributed by atoms with Crippen molar-refractivity contribution in [3.8, 4) is 11.5 Å². The van der Waals surface area contributed by atoms with E-state index in [4.69, 9.17) is 25.8 Å². The van der Waals surface area contributed by atoms with Crippen molar-refractivity contribution in [1.82, 2.24) is 9.38 Å². The Morgan fingerprint density at radius 2 is 2.00 bits per heavy atom. The number of pyridine rings is 1. The molecule has 3 aromatic rings. The standard InChI is InChI=1S/C19H17ClN2O5/c1-3-26-15-6-4-12(8-16(15)25-2)19(24)27-11-14-9-18(23)22-10-13(20)5-7-17(22)21-14/h4-10H,3,11H2,1-2H3. The smallest absolute Gasteiger partial charge is 0.338 e. The molecule has 0 radical (unpaired) electrons. The lowest BCUT2D eigenvalue weighted by atomic mass is 10.2. The zero-order chi connectivity index (χ0) is 19.4. The third kappa shape index (κ3) is 4.20. The molecule has 0 aliphatic rings. The van der Waals surface area contributed by atoms with Crippen molar-refractivity contribution in [2.45, 2.75) is 13.5 Å². The van der Waals surface area contributed by atoms with Crippen LogP contribution in [0.1, 0.15) is 23.0 Å². The number of aromatic nitrogens is 2. The number of carbonyl (C=O) groups excluding carboxylic acids is 1. The van der Waals surface area contributed by atoms with Gasteiger partial charge in [0.1, 0.15) is 12.3 Å². The van der Waals surface area contributed by atoms with Crippen LogP contribution in [0.15, 0.2) is 47.4 Å². The summed E-state index contributed by atoms with van der Waals surface area (Å²) in [7, 11) is 1.49. The molecule has 0 saturated heterocycles. The average Bonchev–Trinajstić information content (AvgIpc) is 2.67. The van der Waals surface area contributed by atoms with Gasteiger partial charge in [0.25, 0.3) is 5.56 Å². The van der Waals surface area contributed by atoms with Crippen LogP contribution in [0, 0.1) is 0 Å². The van der Waals surface area contributed by atoms with E-state index in [0.717, 1.165) is 0 Å². The highest BCUT2D eigenvalue weighted by Crippen LogP contribution is 2.28. The predicted octanol–water partition coefficient (Wildman–Crippen LogP) is 3.11. The number of carbonyl (C=O) groups is 1. The Balaban J connectivity index is 1.77. The highest BCUT2D eigenvalue weighted by atomic mass is 35.5. The maximum absolute atomic E-state index is 12.3. The molecule has 0 unspecified atom stereocenters. The number of nitrogens with zero attached hydrogens (tertiary/aromatic N) is 2. The number of methoxy groups -OCH3 is 1. The van der Waals surface area contributed by atoms with E-state index in [1.165, 1.54) is 29.8 Å². The Morgan fingerprint density at radius 3 is 2.74 bits per heavy atom. The number of esters is 1. The Hall–Kier alpha value is -3.06. The summed E-state index contributed by atoms with van der Waals surface area (Å²) in [6.07, 6.45) is 1.48. The summed E-state index contributed by atoms with van der Waals surface area (Å²) < 4.78 is 17.2. The number of hydrogen-bond donors (Lipinski definition) is 0. The van der Waals surface area contributed by atoms with Crippen LogP contribution in [0.2, 0.25) is 5.02 Å². The van der Waals surface area contributed by atoms with Gasteiger partial charge in [-0.2, -0.15) is 0 Å². The van der Waals surface area contributed by atoms with Gasteiger partial charge in [-0.15, -0.1) is 0 Å². The zero-order valence-corrected chi connectivity index (χ0v) is 15.5. The van der Waals surface area contributed by atoms with Crippen LogP contribution in [-0.4, -0.2) is 29.1 Å². The molecular weight excluding hydrogens is 372 g/mol. The minimum absolute atomic E-state index is 0.136. The van der Waals surface area contributed by atoms with Crippen molar-refractivity contribution in [2.75, 3.05) is 13.7 Å². The molecule has 0 aliphatic heterocycles. The average molecular weight is 389 g/mol. The minimum Gasteiger partial charge on any atom is -0.493 e. The second-order valence-electron chi connectivity index (χ2n) is 5.54. The van der Waals surface area contributed by atoms with Crippen molar-refractivity contribution in [2.24, 2.45) is 0 Å². The monoisotopic (exact) mass is 388 g/mol. The molecule has 0 bridgehead atoms. The molecule has 140 valence electrons. The number of fused-ring (bicyclic) bond motifs is 1. The number of ether oxygens (including phenoxy) is 3. The van der Waals surface area contributed by atoms with Crippen LogP contribution < -0.4 is 15.0 Å². The van der Waals surface area contributed by atoms with Crippen LogP contribution in [0.25, 0.3) is 5.65 Å². The molecule has 0 atom stereocenters. The van der Waals surface area contributed by atoms with Gasteiger partial charge in [-0.3, -0.25) is 9.20 Å². The summed E-state index contributed by atoms with van der Waals surface area (Å²) in [5, 5.41) is 0.426. The zero-order valence-electron chi connectivity index (χ0n) is 14.8. The van der Waals surface area contributed by atoms with Crippen LogP contribution >= 0.6 is 11.6 Å². The lowest BCUT2D eigenvalue weighted by molar-refractivity contribution is 0.0467. The van der Waals surface area contributed by atoms with Crippen molar-refractivity contribution in [3.05, 3.63) is 69.2 Å². The van der Waals surface area contributed by atoms with Gasteiger partial charge in [0.05, 0.1) is 30.0 Å². The van der Waals surface area contributed by atoms with E-state index in [1.54, 1.807) is 24.3 Å². The van der Waals surface area contributed by atoms with E-state index in [1.807, 2.05) is 6.92 Å². The highest BCUT2D eigenvalue weighted by molar-refractivity contribution is 6.30. The van der Waals surface area contributed by atoms with Gasteiger partial charge in [-0.25, -0.2) is 9.78 Å². The second kappa shape index (κ2) is 8.09. The van der Waals surface area contributed by atoms with Gasteiger partial charge < -0.3 is 14.2 Å². The minimum atomic E-state index is -0.561. The summed E-state index contributed by atoms with van der Waals surface area (Å²) in [4.78, 5) is 28.7. The molecule has 27 heavy (non-hydrogen) atoms. The topological polar surface area (TPSA) is 79.1 Å². The van der Waals surface area contributed by atoms with Gasteiger partial charge in [0, 0.05) is 12.3 Å². The van der Waals surface area contributed by atoms with Gasteiger partial charge in [0.2, 0.25) is 0 Å². The van der Waals surface area contributed by atoms with Gasteiger partial charge in [0.15, 0.2) is 11.5 Å². The van der Waals surface area contributed by atoms with Crippen molar-refractivity contribution >= 4 is 23.2 Å². The van der Waals surface area contributed by atoms with Gasteiger partial charge in [-0.1, -0.05) is 11.6 Å². The Kier molecular flexibility index (Phi) is 5.61. The molecule has 0 amide bonds. The van der Waals surface area contributed by atoms with Crippen molar-refractivity contribution in [1.29, 1.82) is 0 Å². The molecule has 2 heterocycles. The Bertz CT molecular complexity index is 1050. The van der Waals surface area contributed by atoms with Crippen molar-refractivity contribution in [3.63, 3.8) is 0 Å². The van der Waals surface area contributed by atoms with Crippen LogP contribution in [0.5, 0.6) is 11.5 Å². The van der Waals surface area contributed by atoms with Gasteiger partial charge >= 0.3 is 5.97 Å². The van der Waals surface area contributed by atoms with Crippen LogP contribution in [-0.2, 0) is 11.3 Å². The second-order valence-corrected chi connectivity index (χ2v) is 5.97. The van der Waals surface area contributed by atoms with Crippen LogP contribution in [0.3, 0.4) is 0 Å². The molecule has 0 aliphatic carbocycles. The van der Waals surface area contributed by atoms with Gasteiger partial charge in [-0.05, 0) is 37.3 Å². The lowest BCUT2D eigenvalue weighted by Gasteiger charge is -2.11. The summed E-state index contributed by atoms with van der Waals surface area (Å²) in [5.41, 5.74) is 0.755. The molecular formula is C19H17ClN2O5. The van der Waals surface area contributed by atoms with E-state index in [0.29, 0.717) is 40.0 Å². The molecule has 0 N–H and O–H groups in total. The third-order valence-corrected chi connectivity index (χ3v) is 3.95. The first-order chi connectivity index (χ1) is 13.0. The molecule has 0 saturated carbocycles. The molecule has 2 aromatic heterocycles. The van der Waals surface area contributed by atoms with E-state index in [9.17, 15) is 9.59 Å². The maximum atomic E-state index is 12.3. The summed E-state index contributed by atoms with van der Waals surface area (Å²) in [6.45, 7) is 2.20. The first kappa shape index (κ1) is 18.7. The van der Waals surface area contributed by atoms with Crippen molar-refractivity contribution < 1.29 is 19.0 Å². The fourth-order valence-corrected chi connectivity index (χ4v) is 2.65. The Morgan fingerprint density at radius 1 is 1.19 bits per heavy atom. The molecule has 1 aromatic carbocycles. The lowest BCUT2D eigenvalue weighted by Crippen LogP contribution is -2.16.